The molecule has 0 saturated heterocycles. The Labute approximate surface area is 108 Å². The molecule has 0 unspecified atom stereocenters. The highest BCUT2D eigenvalue weighted by molar-refractivity contribution is 5.87. The van der Waals surface area contributed by atoms with Crippen LogP contribution in [0.25, 0.3) is 11.0 Å². The van der Waals surface area contributed by atoms with Crippen molar-refractivity contribution in [3.63, 3.8) is 0 Å². The molecule has 0 bridgehead atoms. The van der Waals surface area contributed by atoms with Gasteiger partial charge in [-0.05, 0) is 6.92 Å². The van der Waals surface area contributed by atoms with Gasteiger partial charge in [0, 0.05) is 6.54 Å². The largest absolute Gasteiger partial charge is 0.466 e. The number of H-pyrrole nitrogens is 1. The second-order valence-corrected chi connectivity index (χ2v) is 3.65. The number of nitrogens with one attached hydrogen (secondary N) is 3. The first-order valence-electron chi connectivity index (χ1n) is 5.81. The summed E-state index contributed by atoms with van der Waals surface area (Å²) in [7, 11) is 0. The molecule has 0 saturated carbocycles. The van der Waals surface area contributed by atoms with Gasteiger partial charge in [-0.25, -0.2) is 5.84 Å². The summed E-state index contributed by atoms with van der Waals surface area (Å²) in [6.07, 6.45) is 1.85. The summed E-state index contributed by atoms with van der Waals surface area (Å²) >= 11 is 0. The average molecular weight is 265 g/mol. The Kier molecular flexibility index (Phi) is 4.08. The highest BCUT2D eigenvalue weighted by atomic mass is 16.5. The van der Waals surface area contributed by atoms with Crippen molar-refractivity contribution in [3.8, 4) is 0 Å². The van der Waals surface area contributed by atoms with Crippen molar-refractivity contribution < 1.29 is 9.53 Å². The predicted octanol–water partition coefficient (Wildman–Crippen LogP) is 0.00360. The van der Waals surface area contributed by atoms with E-state index in [1.807, 2.05) is 0 Å². The van der Waals surface area contributed by atoms with Crippen LogP contribution in [-0.2, 0) is 9.53 Å². The number of anilines is 2. The number of hydrazine groups is 1. The van der Waals surface area contributed by atoms with E-state index in [1.165, 1.54) is 0 Å². The molecular weight excluding hydrogens is 250 g/mol. The van der Waals surface area contributed by atoms with Gasteiger partial charge in [-0.3, -0.25) is 15.3 Å². The van der Waals surface area contributed by atoms with Gasteiger partial charge in [0.15, 0.2) is 5.65 Å². The fourth-order valence-electron chi connectivity index (χ4n) is 1.55. The number of carbonyl (C=O) groups excluding carboxylic acids is 1. The van der Waals surface area contributed by atoms with Crippen molar-refractivity contribution >= 4 is 28.8 Å². The molecule has 0 amide bonds. The van der Waals surface area contributed by atoms with Crippen LogP contribution >= 0.6 is 0 Å². The maximum atomic E-state index is 11.2. The van der Waals surface area contributed by atoms with E-state index < -0.39 is 0 Å². The highest BCUT2D eigenvalue weighted by Crippen LogP contribution is 2.19. The van der Waals surface area contributed by atoms with Crippen LogP contribution in [0.4, 0.5) is 11.8 Å². The van der Waals surface area contributed by atoms with Crippen molar-refractivity contribution in [2.45, 2.75) is 13.3 Å². The summed E-state index contributed by atoms with van der Waals surface area (Å²) in [6, 6.07) is 0. The summed E-state index contributed by atoms with van der Waals surface area (Å²) in [5.74, 6) is 5.84. The van der Waals surface area contributed by atoms with Gasteiger partial charge in [0.2, 0.25) is 5.95 Å². The molecule has 9 heteroatoms. The average Bonchev–Trinajstić information content (AvgIpc) is 2.87. The van der Waals surface area contributed by atoms with Gasteiger partial charge < -0.3 is 10.1 Å². The minimum absolute atomic E-state index is 0.253. The van der Waals surface area contributed by atoms with E-state index >= 15 is 0 Å². The second-order valence-electron chi connectivity index (χ2n) is 3.65. The van der Waals surface area contributed by atoms with Gasteiger partial charge in [0.25, 0.3) is 0 Å². The molecule has 0 spiro atoms. The van der Waals surface area contributed by atoms with Gasteiger partial charge in [0.05, 0.1) is 24.6 Å². The smallest absolute Gasteiger partial charge is 0.307 e. The molecule has 19 heavy (non-hydrogen) atoms. The predicted molar refractivity (Wildman–Crippen MR) is 69.2 cm³/mol. The molecular formula is C10H15N7O2. The lowest BCUT2D eigenvalue weighted by atomic mass is 10.3. The first-order valence-corrected chi connectivity index (χ1v) is 5.81. The molecule has 2 heterocycles. The second kappa shape index (κ2) is 5.96. The maximum absolute atomic E-state index is 11.2. The number of hydrogen-bond donors (Lipinski definition) is 4. The number of carbonyl (C=O) groups is 1. The number of nitrogen functional groups attached to an aromatic ring is 1. The topological polar surface area (TPSA) is 131 Å². The molecule has 0 atom stereocenters. The first kappa shape index (κ1) is 13.0. The van der Waals surface area contributed by atoms with E-state index in [4.69, 9.17) is 10.6 Å². The Morgan fingerprint density at radius 3 is 3.11 bits per heavy atom. The van der Waals surface area contributed by atoms with Crippen LogP contribution in [0.2, 0.25) is 0 Å². The molecule has 5 N–H and O–H groups in total. The minimum Gasteiger partial charge on any atom is -0.466 e. The lowest BCUT2D eigenvalue weighted by molar-refractivity contribution is -0.142. The number of fused-ring (bicyclic) bond motifs is 1. The van der Waals surface area contributed by atoms with Crippen LogP contribution in [0.5, 0.6) is 0 Å². The molecule has 2 aromatic heterocycles. The van der Waals surface area contributed by atoms with Gasteiger partial charge in [-0.15, -0.1) is 0 Å². The van der Waals surface area contributed by atoms with Crippen LogP contribution in [-0.4, -0.2) is 39.3 Å². The Balaban J connectivity index is 2.07. The molecule has 9 nitrogen and oxygen atoms in total. The summed E-state index contributed by atoms with van der Waals surface area (Å²) in [4.78, 5) is 19.5. The van der Waals surface area contributed by atoms with Crippen molar-refractivity contribution in [1.29, 1.82) is 0 Å². The van der Waals surface area contributed by atoms with Crippen molar-refractivity contribution in [3.05, 3.63) is 6.20 Å². The molecule has 0 aliphatic rings. The zero-order valence-corrected chi connectivity index (χ0v) is 10.4. The molecule has 0 aromatic carbocycles. The zero-order chi connectivity index (χ0) is 13.7. The molecule has 2 aromatic rings. The third-order valence-electron chi connectivity index (χ3n) is 2.37. The number of rotatable bonds is 6. The van der Waals surface area contributed by atoms with E-state index in [0.717, 1.165) is 5.39 Å². The number of hydrogen-bond acceptors (Lipinski definition) is 8. The van der Waals surface area contributed by atoms with Crippen LogP contribution in [0.3, 0.4) is 0 Å². The summed E-state index contributed by atoms with van der Waals surface area (Å²) in [6.45, 7) is 2.55. The van der Waals surface area contributed by atoms with Crippen LogP contribution in [0.1, 0.15) is 13.3 Å². The zero-order valence-electron chi connectivity index (χ0n) is 10.4. The summed E-state index contributed by atoms with van der Waals surface area (Å²) in [5.41, 5.74) is 2.92. The monoisotopic (exact) mass is 265 g/mol. The van der Waals surface area contributed by atoms with E-state index in [0.29, 0.717) is 24.6 Å². The molecule has 102 valence electrons. The number of aromatic amines is 1. The van der Waals surface area contributed by atoms with Crippen molar-refractivity contribution in [1.82, 2.24) is 20.2 Å². The number of ether oxygens (including phenoxy) is 1. The van der Waals surface area contributed by atoms with E-state index in [2.05, 4.69) is 30.9 Å². The summed E-state index contributed by atoms with van der Waals surface area (Å²) in [5, 5.41) is 10.4. The fourth-order valence-corrected chi connectivity index (χ4v) is 1.55. The fraction of sp³-hybridized carbons (Fsp3) is 0.400. The van der Waals surface area contributed by atoms with Gasteiger partial charge >= 0.3 is 5.97 Å². The third kappa shape index (κ3) is 3.07. The van der Waals surface area contributed by atoms with Gasteiger partial charge in [-0.2, -0.15) is 15.1 Å². The number of nitrogens with zero attached hydrogens (tertiary/aromatic N) is 3. The molecule has 2 rings (SSSR count). The molecule has 0 fully saturated rings. The number of nitrogens with two attached hydrogens (primary N) is 1. The van der Waals surface area contributed by atoms with Crippen molar-refractivity contribution in [2.24, 2.45) is 5.84 Å². The van der Waals surface area contributed by atoms with Gasteiger partial charge in [0.1, 0.15) is 5.82 Å². The summed E-state index contributed by atoms with van der Waals surface area (Å²) < 4.78 is 4.83. The lowest BCUT2D eigenvalue weighted by Crippen LogP contribution is -2.14. The molecule has 0 aliphatic carbocycles. The Morgan fingerprint density at radius 2 is 2.37 bits per heavy atom. The van der Waals surface area contributed by atoms with Gasteiger partial charge in [-0.1, -0.05) is 0 Å². The van der Waals surface area contributed by atoms with E-state index in [9.17, 15) is 4.79 Å². The Bertz CT molecular complexity index is 568. The Hall–Kier alpha value is -2.42. The number of aromatic nitrogens is 4. The molecule has 0 radical (unpaired) electrons. The minimum atomic E-state index is -0.260. The van der Waals surface area contributed by atoms with Crippen LogP contribution < -0.4 is 16.6 Å². The standard InChI is InChI=1S/C10H15N7O2/c1-2-19-7(18)3-4-12-8-6-5-13-17-9(6)15-10(14-8)16-11/h5H,2-4,11H2,1H3,(H3,12,13,14,15,16,17). The quantitative estimate of drug-likeness (QED) is 0.326. The third-order valence-corrected chi connectivity index (χ3v) is 2.37. The van der Waals surface area contributed by atoms with E-state index in [-0.39, 0.29) is 18.3 Å². The highest BCUT2D eigenvalue weighted by Gasteiger charge is 2.09. The van der Waals surface area contributed by atoms with E-state index in [1.54, 1.807) is 13.1 Å². The first-order chi connectivity index (χ1) is 9.24. The maximum Gasteiger partial charge on any atom is 0.307 e. The Morgan fingerprint density at radius 1 is 1.53 bits per heavy atom. The normalized spacial score (nSPS) is 10.4. The lowest BCUT2D eigenvalue weighted by Gasteiger charge is -2.07. The van der Waals surface area contributed by atoms with Crippen LogP contribution in [0, 0.1) is 0 Å². The number of esters is 1. The SMILES string of the molecule is CCOC(=O)CCNc1nc(NN)nc2[nH]ncc12. The molecule has 0 aliphatic heterocycles. The van der Waals surface area contributed by atoms with Crippen molar-refractivity contribution in [2.75, 3.05) is 23.9 Å². The van der Waals surface area contributed by atoms with Crippen LogP contribution in [0.15, 0.2) is 6.20 Å².